The molecule has 5 rings (SSSR count). The molecule has 2 aromatic heterocycles. The van der Waals surface area contributed by atoms with Gasteiger partial charge in [0.2, 0.25) is 0 Å². The van der Waals surface area contributed by atoms with Gasteiger partial charge in [-0.1, -0.05) is 0 Å². The molecule has 2 aliphatic rings. The molecule has 162 valence electrons. The Hall–Kier alpha value is -3.37. The minimum absolute atomic E-state index is 0.00814. The Balaban J connectivity index is 1.44. The van der Waals surface area contributed by atoms with Gasteiger partial charge in [-0.05, 0) is 24.3 Å². The maximum absolute atomic E-state index is 14.4. The van der Waals surface area contributed by atoms with Crippen molar-refractivity contribution in [1.82, 2.24) is 19.9 Å². The van der Waals surface area contributed by atoms with E-state index in [0.29, 0.717) is 5.82 Å². The predicted molar refractivity (Wildman–Crippen MR) is 104 cm³/mol. The van der Waals surface area contributed by atoms with Gasteiger partial charge < -0.3 is 15.5 Å². The van der Waals surface area contributed by atoms with Crippen molar-refractivity contribution in [2.24, 2.45) is 0 Å². The molecule has 0 bridgehead atoms. The Morgan fingerprint density at radius 1 is 1.16 bits per heavy atom. The number of aromatic nitrogens is 3. The van der Waals surface area contributed by atoms with Crippen molar-refractivity contribution in [3.63, 3.8) is 0 Å². The molecule has 7 nitrogen and oxygen atoms in total. The largest absolute Gasteiger partial charge is 0.346 e. The minimum atomic E-state index is -1.24. The predicted octanol–water partition coefficient (Wildman–Crippen LogP) is 3.53. The Morgan fingerprint density at radius 2 is 1.97 bits per heavy atom. The van der Waals surface area contributed by atoms with Gasteiger partial charge in [-0.25, -0.2) is 31.9 Å². The number of urea groups is 1. The van der Waals surface area contributed by atoms with E-state index in [0.717, 1.165) is 18.2 Å². The number of benzene rings is 1. The summed E-state index contributed by atoms with van der Waals surface area (Å²) in [6, 6.07) is 2.86. The lowest BCUT2D eigenvalue weighted by molar-refractivity contribution is 0.250. The van der Waals surface area contributed by atoms with Crippen molar-refractivity contribution >= 4 is 23.2 Å². The summed E-state index contributed by atoms with van der Waals surface area (Å²) in [5.74, 6) is -0.904. The van der Waals surface area contributed by atoms with Gasteiger partial charge in [-0.3, -0.25) is 0 Å². The fourth-order valence-electron chi connectivity index (χ4n) is 3.85. The Morgan fingerprint density at radius 3 is 2.74 bits per heavy atom. The van der Waals surface area contributed by atoms with Crippen LogP contribution >= 0.6 is 0 Å². The van der Waals surface area contributed by atoms with E-state index in [-0.39, 0.29) is 36.3 Å². The SMILES string of the molecule is O=C(Nc1cnn2ccc(N3C[C@@H](F)C[C@@H]3c3cc(F)ccc3F)nc12)N[C@H]1C[C@H]1F. The van der Waals surface area contributed by atoms with Crippen LogP contribution in [0.25, 0.3) is 5.65 Å². The summed E-state index contributed by atoms with van der Waals surface area (Å²) in [6.07, 6.45) is 0.948. The summed E-state index contributed by atoms with van der Waals surface area (Å²) in [6.45, 7) is -0.0409. The fourth-order valence-corrected chi connectivity index (χ4v) is 3.85. The molecule has 1 saturated heterocycles. The standard InChI is InChI=1S/C20H18F4N6O/c21-10-1-2-13(23)12(5-10)17-6-11(22)9-29(17)18-3-4-30-19(28-18)16(8-25-30)27-20(31)26-15-7-14(15)24/h1-5,8,11,14-15,17H,6-7,9H2,(H2,26,27,31)/t11-,14+,15-,17+/m0/s1. The third-order valence-corrected chi connectivity index (χ3v) is 5.49. The number of anilines is 2. The third-order valence-electron chi connectivity index (χ3n) is 5.49. The van der Waals surface area contributed by atoms with Crippen molar-refractivity contribution in [3.8, 4) is 0 Å². The van der Waals surface area contributed by atoms with E-state index in [1.807, 2.05) is 0 Å². The number of amides is 2. The van der Waals surface area contributed by atoms with Crippen LogP contribution in [0.3, 0.4) is 0 Å². The summed E-state index contributed by atoms with van der Waals surface area (Å²) in [5, 5.41) is 9.18. The van der Waals surface area contributed by atoms with E-state index in [4.69, 9.17) is 0 Å². The fraction of sp³-hybridized carbons (Fsp3) is 0.350. The van der Waals surface area contributed by atoms with Crippen LogP contribution in [0.5, 0.6) is 0 Å². The van der Waals surface area contributed by atoms with Gasteiger partial charge in [-0.2, -0.15) is 5.10 Å². The number of fused-ring (bicyclic) bond motifs is 1. The molecule has 2 amide bonds. The van der Waals surface area contributed by atoms with Crippen LogP contribution in [0.4, 0.5) is 33.9 Å². The van der Waals surface area contributed by atoms with Gasteiger partial charge in [0.15, 0.2) is 5.65 Å². The number of nitrogens with one attached hydrogen (secondary N) is 2. The molecule has 3 aromatic rings. The third kappa shape index (κ3) is 3.75. The van der Waals surface area contributed by atoms with Crippen LogP contribution in [0.1, 0.15) is 24.4 Å². The van der Waals surface area contributed by atoms with Crippen molar-refractivity contribution in [1.29, 1.82) is 0 Å². The molecule has 1 aliphatic carbocycles. The summed E-state index contributed by atoms with van der Waals surface area (Å²) < 4.78 is 56.8. The highest BCUT2D eigenvalue weighted by molar-refractivity contribution is 5.93. The molecule has 2 fully saturated rings. The van der Waals surface area contributed by atoms with Gasteiger partial charge in [0.1, 0.15) is 35.5 Å². The van der Waals surface area contributed by atoms with E-state index >= 15 is 0 Å². The molecule has 0 unspecified atom stereocenters. The van der Waals surface area contributed by atoms with Gasteiger partial charge >= 0.3 is 6.03 Å². The molecule has 11 heteroatoms. The summed E-state index contributed by atoms with van der Waals surface area (Å²) in [5.41, 5.74) is 0.610. The van der Waals surface area contributed by atoms with E-state index in [1.165, 1.54) is 10.7 Å². The number of nitrogens with zero attached hydrogens (tertiary/aromatic N) is 4. The highest BCUT2D eigenvalue weighted by Gasteiger charge is 2.39. The van der Waals surface area contributed by atoms with Crippen molar-refractivity contribution in [2.75, 3.05) is 16.8 Å². The summed E-state index contributed by atoms with van der Waals surface area (Å²) in [7, 11) is 0. The van der Waals surface area contributed by atoms with Crippen LogP contribution in [0.15, 0.2) is 36.7 Å². The van der Waals surface area contributed by atoms with E-state index in [9.17, 15) is 22.4 Å². The second-order valence-corrected chi connectivity index (χ2v) is 7.74. The maximum Gasteiger partial charge on any atom is 0.319 e. The number of halogens is 4. The molecular weight excluding hydrogens is 416 g/mol. The average molecular weight is 434 g/mol. The number of rotatable bonds is 4. The molecule has 1 aromatic carbocycles. The normalized spacial score (nSPS) is 25.1. The first-order valence-corrected chi connectivity index (χ1v) is 9.80. The second kappa shape index (κ2) is 7.40. The van der Waals surface area contributed by atoms with E-state index < -0.39 is 42.1 Å². The monoisotopic (exact) mass is 434 g/mol. The Bertz CT molecular complexity index is 1150. The van der Waals surface area contributed by atoms with Crippen LogP contribution in [-0.4, -0.2) is 45.6 Å². The first-order chi connectivity index (χ1) is 14.9. The maximum atomic E-state index is 14.4. The lowest BCUT2D eigenvalue weighted by Crippen LogP contribution is -2.31. The summed E-state index contributed by atoms with van der Waals surface area (Å²) >= 11 is 0. The molecular formula is C20H18F4N6O. The van der Waals surface area contributed by atoms with Gasteiger partial charge in [0.25, 0.3) is 0 Å². The molecule has 1 saturated carbocycles. The zero-order chi connectivity index (χ0) is 21.7. The van der Waals surface area contributed by atoms with Gasteiger partial charge in [0.05, 0.1) is 24.8 Å². The van der Waals surface area contributed by atoms with Crippen LogP contribution in [0.2, 0.25) is 0 Å². The van der Waals surface area contributed by atoms with Gasteiger partial charge in [0, 0.05) is 24.6 Å². The van der Waals surface area contributed by atoms with Crippen LogP contribution in [-0.2, 0) is 0 Å². The zero-order valence-electron chi connectivity index (χ0n) is 16.1. The molecule has 0 radical (unpaired) electrons. The Kier molecular flexibility index (Phi) is 4.67. The number of carbonyl (C=O) groups is 1. The molecule has 4 atom stereocenters. The molecule has 1 aliphatic heterocycles. The first-order valence-electron chi connectivity index (χ1n) is 9.80. The minimum Gasteiger partial charge on any atom is -0.346 e. The molecule has 3 heterocycles. The van der Waals surface area contributed by atoms with Crippen molar-refractivity contribution in [3.05, 3.63) is 53.9 Å². The molecule has 0 spiro atoms. The summed E-state index contributed by atoms with van der Waals surface area (Å²) in [4.78, 5) is 18.1. The lowest BCUT2D eigenvalue weighted by atomic mass is 10.0. The number of hydrogen-bond donors (Lipinski definition) is 2. The highest BCUT2D eigenvalue weighted by atomic mass is 19.1. The number of alkyl halides is 2. The van der Waals surface area contributed by atoms with Crippen LogP contribution < -0.4 is 15.5 Å². The lowest BCUT2D eigenvalue weighted by Gasteiger charge is -2.26. The molecule has 31 heavy (non-hydrogen) atoms. The quantitative estimate of drug-likeness (QED) is 0.617. The zero-order valence-corrected chi connectivity index (χ0v) is 16.1. The average Bonchev–Trinajstić information content (AvgIpc) is 3.11. The smallest absolute Gasteiger partial charge is 0.319 e. The number of hydrogen-bond acceptors (Lipinski definition) is 4. The van der Waals surface area contributed by atoms with Crippen molar-refractivity contribution < 1.29 is 22.4 Å². The first kappa shape index (κ1) is 19.6. The topological polar surface area (TPSA) is 74.6 Å². The Labute approximate surface area is 174 Å². The van der Waals surface area contributed by atoms with E-state index in [2.05, 4.69) is 20.7 Å². The highest BCUT2D eigenvalue weighted by Crippen LogP contribution is 2.38. The van der Waals surface area contributed by atoms with Crippen molar-refractivity contribution in [2.45, 2.75) is 37.3 Å². The molecule has 2 N–H and O–H groups in total. The van der Waals surface area contributed by atoms with Gasteiger partial charge in [-0.15, -0.1) is 0 Å². The van der Waals surface area contributed by atoms with E-state index in [1.54, 1.807) is 17.2 Å². The van der Waals surface area contributed by atoms with Crippen LogP contribution in [0, 0.1) is 11.6 Å². The number of carbonyl (C=O) groups excluding carboxylic acids is 1. The second-order valence-electron chi connectivity index (χ2n) is 7.74.